The quantitative estimate of drug-likeness (QED) is 0.382. The zero-order chi connectivity index (χ0) is 29.8. The number of esters is 2. The molecule has 2 heterocycles. The summed E-state index contributed by atoms with van der Waals surface area (Å²) in [6.45, 7) is 9.61. The van der Waals surface area contributed by atoms with Gasteiger partial charge in [0, 0.05) is 41.4 Å². The SMILES string of the molecule is CCN(CC)c1ccc(C2NC(=O)NC(c3cc(C)n(-c4cc(C(=O)OC)cc(C(=O)OC)c4)c3C)=C2C#N)cc1. The highest BCUT2D eigenvalue weighted by molar-refractivity contribution is 5.96. The monoisotopic (exact) mass is 555 g/mol. The molecule has 41 heavy (non-hydrogen) atoms. The third kappa shape index (κ3) is 5.52. The van der Waals surface area contributed by atoms with Crippen LogP contribution >= 0.6 is 0 Å². The van der Waals surface area contributed by atoms with E-state index in [-0.39, 0.29) is 11.1 Å². The van der Waals surface area contributed by atoms with Crippen molar-refractivity contribution in [2.75, 3.05) is 32.2 Å². The van der Waals surface area contributed by atoms with Crippen LogP contribution < -0.4 is 15.5 Å². The first kappa shape index (κ1) is 29.0. The molecular formula is C31H33N5O5. The zero-order valence-electron chi connectivity index (χ0n) is 24.0. The maximum absolute atomic E-state index is 12.9. The molecule has 212 valence electrons. The molecular weight excluding hydrogens is 522 g/mol. The summed E-state index contributed by atoms with van der Waals surface area (Å²) in [7, 11) is 2.53. The van der Waals surface area contributed by atoms with Crippen molar-refractivity contribution in [3.63, 3.8) is 0 Å². The third-order valence-corrected chi connectivity index (χ3v) is 7.27. The van der Waals surface area contributed by atoms with E-state index in [2.05, 4.69) is 35.5 Å². The first-order valence-electron chi connectivity index (χ1n) is 13.2. The summed E-state index contributed by atoms with van der Waals surface area (Å²) >= 11 is 0. The van der Waals surface area contributed by atoms with E-state index in [1.807, 2.05) is 48.7 Å². The molecule has 0 saturated carbocycles. The predicted molar refractivity (Wildman–Crippen MR) is 155 cm³/mol. The molecule has 1 aliphatic heterocycles. The summed E-state index contributed by atoms with van der Waals surface area (Å²) in [6.07, 6.45) is 0. The standard InChI is InChI=1S/C31H33N5O5/c1-7-35(8-2)23-11-9-20(10-12-23)27-26(17-32)28(34-31(39)33-27)25-13-18(3)36(19(25)4)24-15-21(29(37)40-5)14-22(16-24)30(38)41-6/h9-16,27H,7-8H2,1-6H3,(H2,33,34,39). The zero-order valence-corrected chi connectivity index (χ0v) is 24.0. The van der Waals surface area contributed by atoms with Crippen LogP contribution in [0, 0.1) is 25.2 Å². The molecule has 2 N–H and O–H groups in total. The molecule has 1 unspecified atom stereocenters. The number of hydrogen-bond donors (Lipinski definition) is 2. The summed E-state index contributed by atoms with van der Waals surface area (Å²) in [5.41, 5.74) is 5.58. The number of benzene rings is 2. The first-order valence-corrected chi connectivity index (χ1v) is 13.2. The lowest BCUT2D eigenvalue weighted by atomic mass is 9.93. The number of hydrogen-bond acceptors (Lipinski definition) is 7. The lowest BCUT2D eigenvalue weighted by Gasteiger charge is -2.28. The van der Waals surface area contributed by atoms with E-state index < -0.39 is 24.0 Å². The van der Waals surface area contributed by atoms with Crippen LogP contribution in [0.25, 0.3) is 11.4 Å². The van der Waals surface area contributed by atoms with Crippen LogP contribution in [0.4, 0.5) is 10.5 Å². The highest BCUT2D eigenvalue weighted by Gasteiger charge is 2.31. The molecule has 2 amide bonds. The minimum absolute atomic E-state index is 0.180. The summed E-state index contributed by atoms with van der Waals surface area (Å²) in [5, 5.41) is 16.0. The molecule has 1 atom stereocenters. The Labute approximate surface area is 239 Å². The van der Waals surface area contributed by atoms with E-state index in [4.69, 9.17) is 9.47 Å². The van der Waals surface area contributed by atoms with Gasteiger partial charge in [-0.05, 0) is 69.7 Å². The molecule has 0 spiro atoms. The normalized spacial score (nSPS) is 14.6. The number of nitrogens with one attached hydrogen (secondary N) is 2. The molecule has 4 rings (SSSR count). The van der Waals surface area contributed by atoms with Crippen LogP contribution in [0.1, 0.15) is 63.1 Å². The minimum atomic E-state index is -0.647. The van der Waals surface area contributed by atoms with Gasteiger partial charge in [-0.15, -0.1) is 0 Å². The highest BCUT2D eigenvalue weighted by atomic mass is 16.5. The van der Waals surface area contributed by atoms with E-state index in [0.29, 0.717) is 28.2 Å². The fourth-order valence-electron chi connectivity index (χ4n) is 5.24. The van der Waals surface area contributed by atoms with Gasteiger partial charge < -0.3 is 29.6 Å². The second-order valence-electron chi connectivity index (χ2n) is 9.57. The van der Waals surface area contributed by atoms with Crippen molar-refractivity contribution >= 4 is 29.4 Å². The number of nitriles is 1. The Kier molecular flexibility index (Phi) is 8.48. The molecule has 0 saturated heterocycles. The minimum Gasteiger partial charge on any atom is -0.465 e. The summed E-state index contributed by atoms with van der Waals surface area (Å²) in [6, 6.07) is 15.6. The second kappa shape index (κ2) is 12.0. The lowest BCUT2D eigenvalue weighted by molar-refractivity contribution is 0.0599. The number of aromatic nitrogens is 1. The number of anilines is 1. The summed E-state index contributed by atoms with van der Waals surface area (Å²) in [4.78, 5) is 39.8. The van der Waals surface area contributed by atoms with Crippen molar-refractivity contribution in [3.05, 3.63) is 87.7 Å². The number of aryl methyl sites for hydroxylation is 1. The third-order valence-electron chi connectivity index (χ3n) is 7.27. The van der Waals surface area contributed by atoms with Gasteiger partial charge in [0.2, 0.25) is 0 Å². The Bertz CT molecular complexity index is 1540. The van der Waals surface area contributed by atoms with E-state index in [0.717, 1.165) is 30.0 Å². The molecule has 10 nitrogen and oxygen atoms in total. The van der Waals surface area contributed by atoms with Crippen LogP contribution in [0.2, 0.25) is 0 Å². The molecule has 2 aromatic carbocycles. The topological polar surface area (TPSA) is 126 Å². The van der Waals surface area contributed by atoms with Crippen molar-refractivity contribution in [1.82, 2.24) is 15.2 Å². The van der Waals surface area contributed by atoms with Gasteiger partial charge in [0.25, 0.3) is 0 Å². The largest absolute Gasteiger partial charge is 0.465 e. The molecule has 1 aliphatic rings. The average Bonchev–Trinajstić information content (AvgIpc) is 3.29. The maximum Gasteiger partial charge on any atom is 0.337 e. The molecule has 0 fully saturated rings. The Morgan fingerprint density at radius 2 is 1.56 bits per heavy atom. The number of nitrogens with zero attached hydrogens (tertiary/aromatic N) is 3. The van der Waals surface area contributed by atoms with Crippen molar-refractivity contribution in [3.8, 4) is 11.8 Å². The Hall–Kier alpha value is -5.04. The Balaban J connectivity index is 1.84. The number of urea groups is 1. The molecule has 0 bridgehead atoms. The van der Waals surface area contributed by atoms with Gasteiger partial charge in [-0.2, -0.15) is 5.26 Å². The molecule has 1 aromatic heterocycles. The Morgan fingerprint density at radius 1 is 0.976 bits per heavy atom. The molecule has 3 aromatic rings. The van der Waals surface area contributed by atoms with Crippen molar-refractivity contribution in [1.29, 1.82) is 5.26 Å². The van der Waals surface area contributed by atoms with Crippen molar-refractivity contribution < 1.29 is 23.9 Å². The van der Waals surface area contributed by atoms with Gasteiger partial charge in [0.1, 0.15) is 0 Å². The van der Waals surface area contributed by atoms with E-state index in [1.165, 1.54) is 20.3 Å². The van der Waals surface area contributed by atoms with E-state index in [9.17, 15) is 19.6 Å². The summed E-state index contributed by atoms with van der Waals surface area (Å²) < 4.78 is 11.6. The van der Waals surface area contributed by atoms with Crippen LogP contribution in [0.15, 0.2) is 54.1 Å². The van der Waals surface area contributed by atoms with Gasteiger partial charge >= 0.3 is 18.0 Å². The molecule has 0 radical (unpaired) electrons. The number of amides is 2. The van der Waals surface area contributed by atoms with Gasteiger partial charge in [0.15, 0.2) is 0 Å². The fraction of sp³-hybridized carbons (Fsp3) is 0.290. The number of rotatable bonds is 8. The van der Waals surface area contributed by atoms with Gasteiger partial charge in [-0.25, -0.2) is 14.4 Å². The van der Waals surface area contributed by atoms with Gasteiger partial charge in [-0.1, -0.05) is 12.1 Å². The Morgan fingerprint density at radius 3 is 2.07 bits per heavy atom. The van der Waals surface area contributed by atoms with Crippen LogP contribution in [-0.4, -0.2) is 49.8 Å². The highest BCUT2D eigenvalue weighted by Crippen LogP contribution is 2.35. The first-order chi connectivity index (χ1) is 19.7. The summed E-state index contributed by atoms with van der Waals surface area (Å²) in [5.74, 6) is -1.20. The molecule has 0 aliphatic carbocycles. The van der Waals surface area contributed by atoms with Gasteiger partial charge in [0.05, 0.1) is 48.7 Å². The lowest BCUT2D eigenvalue weighted by Crippen LogP contribution is -2.43. The van der Waals surface area contributed by atoms with Crippen molar-refractivity contribution in [2.45, 2.75) is 33.7 Å². The molecule has 10 heteroatoms. The van der Waals surface area contributed by atoms with Crippen molar-refractivity contribution in [2.24, 2.45) is 0 Å². The van der Waals surface area contributed by atoms with E-state index >= 15 is 0 Å². The van der Waals surface area contributed by atoms with E-state index in [1.54, 1.807) is 12.1 Å². The number of carbonyl (C=O) groups excluding carboxylic acids is 3. The fourth-order valence-corrected chi connectivity index (χ4v) is 5.24. The van der Waals surface area contributed by atoms with Gasteiger partial charge in [-0.3, -0.25) is 0 Å². The van der Waals surface area contributed by atoms with Crippen LogP contribution in [-0.2, 0) is 9.47 Å². The smallest absolute Gasteiger partial charge is 0.337 e. The average molecular weight is 556 g/mol. The predicted octanol–water partition coefficient (Wildman–Crippen LogP) is 4.80. The maximum atomic E-state index is 12.9. The van der Waals surface area contributed by atoms with Crippen LogP contribution in [0.3, 0.4) is 0 Å². The number of methoxy groups -OCH3 is 2. The van der Waals surface area contributed by atoms with Crippen LogP contribution in [0.5, 0.6) is 0 Å². The number of carbonyl (C=O) groups is 3. The number of ether oxygens (including phenoxy) is 2. The second-order valence-corrected chi connectivity index (χ2v) is 9.57.